The number of amides is 4. The Kier molecular flexibility index (Phi) is 4.30. The molecule has 0 saturated carbocycles. The number of hydrogen-bond acceptors (Lipinski definition) is 3. The molecule has 0 unspecified atom stereocenters. The third kappa shape index (κ3) is 3.25. The lowest BCUT2D eigenvalue weighted by Crippen LogP contribution is -2.40. The van der Waals surface area contributed by atoms with Gasteiger partial charge in [0.05, 0.1) is 5.56 Å². The summed E-state index contributed by atoms with van der Waals surface area (Å²) in [6.07, 6.45) is 0. The number of carbonyl (C=O) groups excluding carboxylic acids is 3. The summed E-state index contributed by atoms with van der Waals surface area (Å²) in [5, 5.41) is 7.31. The van der Waals surface area contributed by atoms with Gasteiger partial charge in [-0.3, -0.25) is 14.9 Å². The Morgan fingerprint density at radius 3 is 2.64 bits per heavy atom. The number of hydrogen-bond donors (Lipinski definition) is 3. The summed E-state index contributed by atoms with van der Waals surface area (Å²) in [5.41, 5.74) is -0.489. The average Bonchev–Trinajstić information content (AvgIpc) is 2.83. The van der Waals surface area contributed by atoms with Crippen LogP contribution in [-0.2, 0) is 10.3 Å². The van der Waals surface area contributed by atoms with Crippen molar-refractivity contribution in [1.29, 1.82) is 0 Å². The lowest BCUT2D eigenvalue weighted by Gasteiger charge is -2.21. The van der Waals surface area contributed by atoms with Gasteiger partial charge >= 0.3 is 6.03 Å². The van der Waals surface area contributed by atoms with Crippen LogP contribution < -0.4 is 16.0 Å². The Bertz CT molecular complexity index is 902. The molecule has 8 heteroatoms. The number of nitrogens with one attached hydrogen (secondary N) is 3. The summed E-state index contributed by atoms with van der Waals surface area (Å²) >= 11 is 3.19. The van der Waals surface area contributed by atoms with E-state index in [0.29, 0.717) is 15.7 Å². The summed E-state index contributed by atoms with van der Waals surface area (Å²) in [6, 6.07) is 9.92. The van der Waals surface area contributed by atoms with Gasteiger partial charge < -0.3 is 10.6 Å². The van der Waals surface area contributed by atoms with Gasteiger partial charge in [0.15, 0.2) is 0 Å². The highest BCUT2D eigenvalue weighted by molar-refractivity contribution is 9.10. The number of benzene rings is 2. The van der Waals surface area contributed by atoms with Crippen molar-refractivity contribution in [3.8, 4) is 0 Å². The molecule has 1 fully saturated rings. The van der Waals surface area contributed by atoms with Crippen molar-refractivity contribution in [2.45, 2.75) is 12.5 Å². The molecule has 0 aliphatic carbocycles. The molecule has 1 aliphatic rings. The highest BCUT2D eigenvalue weighted by atomic mass is 79.9. The molecule has 0 aromatic heterocycles. The van der Waals surface area contributed by atoms with Gasteiger partial charge in [-0.05, 0) is 42.8 Å². The first kappa shape index (κ1) is 17.1. The molecule has 1 atom stereocenters. The predicted octanol–water partition coefficient (Wildman–Crippen LogP) is 2.90. The molecule has 25 heavy (non-hydrogen) atoms. The van der Waals surface area contributed by atoms with Crippen LogP contribution in [0.4, 0.5) is 14.9 Å². The van der Waals surface area contributed by atoms with Crippen LogP contribution in [0.5, 0.6) is 0 Å². The van der Waals surface area contributed by atoms with Gasteiger partial charge in [0.2, 0.25) is 0 Å². The van der Waals surface area contributed by atoms with Crippen molar-refractivity contribution in [2.24, 2.45) is 0 Å². The van der Waals surface area contributed by atoms with Crippen LogP contribution in [0.25, 0.3) is 0 Å². The SMILES string of the molecule is C[C@]1(c2cccc(NC(=O)c3cc(Br)ccc3F)c2)NC(=O)NC1=O. The minimum Gasteiger partial charge on any atom is -0.322 e. The largest absolute Gasteiger partial charge is 0.322 e. The van der Waals surface area contributed by atoms with Gasteiger partial charge in [-0.25, -0.2) is 9.18 Å². The second-order valence-corrected chi connectivity index (χ2v) is 6.61. The third-order valence-corrected chi connectivity index (χ3v) is 4.41. The van der Waals surface area contributed by atoms with E-state index >= 15 is 0 Å². The Labute approximate surface area is 150 Å². The zero-order valence-electron chi connectivity index (χ0n) is 13.0. The van der Waals surface area contributed by atoms with Gasteiger partial charge in [-0.2, -0.15) is 0 Å². The number of halogens is 2. The molecule has 1 heterocycles. The van der Waals surface area contributed by atoms with E-state index in [-0.39, 0.29) is 5.56 Å². The van der Waals surface area contributed by atoms with Gasteiger partial charge in [0, 0.05) is 10.2 Å². The number of carbonyl (C=O) groups is 3. The van der Waals surface area contributed by atoms with Crippen molar-refractivity contribution < 1.29 is 18.8 Å². The molecule has 3 rings (SSSR count). The molecule has 6 nitrogen and oxygen atoms in total. The molecule has 4 amide bonds. The maximum atomic E-state index is 13.8. The van der Waals surface area contributed by atoms with Crippen molar-refractivity contribution in [3.05, 3.63) is 63.9 Å². The van der Waals surface area contributed by atoms with E-state index in [0.717, 1.165) is 0 Å². The quantitative estimate of drug-likeness (QED) is 0.686. The zero-order valence-corrected chi connectivity index (χ0v) is 14.6. The molecule has 1 saturated heterocycles. The minimum absolute atomic E-state index is 0.113. The van der Waals surface area contributed by atoms with E-state index in [1.807, 2.05) is 0 Å². The van der Waals surface area contributed by atoms with Crippen molar-refractivity contribution >= 4 is 39.5 Å². The molecular formula is C17H13BrFN3O3. The Balaban J connectivity index is 1.87. The van der Waals surface area contributed by atoms with Crippen LogP contribution >= 0.6 is 15.9 Å². The fourth-order valence-electron chi connectivity index (χ4n) is 2.52. The smallest absolute Gasteiger partial charge is 0.322 e. The zero-order chi connectivity index (χ0) is 18.2. The lowest BCUT2D eigenvalue weighted by atomic mass is 9.92. The normalized spacial score (nSPS) is 19.3. The predicted molar refractivity (Wildman–Crippen MR) is 92.5 cm³/mol. The van der Waals surface area contributed by atoms with Crippen LogP contribution in [0.2, 0.25) is 0 Å². The first-order valence-electron chi connectivity index (χ1n) is 7.30. The van der Waals surface area contributed by atoms with Gasteiger partial charge in [-0.15, -0.1) is 0 Å². The molecule has 3 N–H and O–H groups in total. The van der Waals surface area contributed by atoms with Crippen LogP contribution in [0.1, 0.15) is 22.8 Å². The van der Waals surface area contributed by atoms with Gasteiger partial charge in [0.1, 0.15) is 11.4 Å². The number of rotatable bonds is 3. The van der Waals surface area contributed by atoms with Gasteiger partial charge in [0.25, 0.3) is 11.8 Å². The molecule has 2 aromatic rings. The maximum absolute atomic E-state index is 13.8. The molecule has 1 aliphatic heterocycles. The van der Waals surface area contributed by atoms with Crippen LogP contribution in [0, 0.1) is 5.82 Å². The molecule has 0 spiro atoms. The third-order valence-electron chi connectivity index (χ3n) is 3.92. The highest BCUT2D eigenvalue weighted by Crippen LogP contribution is 2.27. The molecule has 0 radical (unpaired) electrons. The molecule has 128 valence electrons. The molecule has 0 bridgehead atoms. The topological polar surface area (TPSA) is 87.3 Å². The summed E-state index contributed by atoms with van der Waals surface area (Å²) in [7, 11) is 0. The van der Waals surface area contributed by atoms with E-state index < -0.39 is 29.2 Å². The summed E-state index contributed by atoms with van der Waals surface area (Å²) in [5.74, 6) is -1.76. The fourth-order valence-corrected chi connectivity index (χ4v) is 2.89. The van der Waals surface area contributed by atoms with E-state index in [9.17, 15) is 18.8 Å². The van der Waals surface area contributed by atoms with Crippen molar-refractivity contribution in [1.82, 2.24) is 10.6 Å². The van der Waals surface area contributed by atoms with Crippen LogP contribution in [-0.4, -0.2) is 17.8 Å². The number of urea groups is 1. The lowest BCUT2D eigenvalue weighted by molar-refractivity contribution is -0.123. The van der Waals surface area contributed by atoms with Crippen molar-refractivity contribution in [2.75, 3.05) is 5.32 Å². The molecule has 2 aromatic carbocycles. The second kappa shape index (κ2) is 6.29. The van der Waals surface area contributed by atoms with Crippen LogP contribution in [0.3, 0.4) is 0 Å². The standard InChI is InChI=1S/C17H13BrFN3O3/c1-17(15(24)21-16(25)22-17)9-3-2-4-11(7-9)20-14(23)12-8-10(18)5-6-13(12)19/h2-8H,1H3,(H,20,23)(H2,21,22,24,25)/t17-/m1/s1. The average molecular weight is 406 g/mol. The number of imide groups is 1. The Morgan fingerprint density at radius 2 is 1.96 bits per heavy atom. The maximum Gasteiger partial charge on any atom is 0.322 e. The van der Waals surface area contributed by atoms with Crippen LogP contribution in [0.15, 0.2) is 46.9 Å². The first-order valence-corrected chi connectivity index (χ1v) is 8.09. The number of anilines is 1. The van der Waals surface area contributed by atoms with E-state index in [1.54, 1.807) is 31.2 Å². The van der Waals surface area contributed by atoms with E-state index in [1.165, 1.54) is 18.2 Å². The summed E-state index contributed by atoms with van der Waals surface area (Å²) in [4.78, 5) is 35.7. The molecular weight excluding hydrogens is 393 g/mol. The summed E-state index contributed by atoms with van der Waals surface area (Å²) in [6.45, 7) is 1.56. The summed E-state index contributed by atoms with van der Waals surface area (Å²) < 4.78 is 14.4. The van der Waals surface area contributed by atoms with Gasteiger partial charge in [-0.1, -0.05) is 28.1 Å². The Hall–Kier alpha value is -2.74. The van der Waals surface area contributed by atoms with E-state index in [2.05, 4.69) is 31.9 Å². The van der Waals surface area contributed by atoms with Crippen molar-refractivity contribution in [3.63, 3.8) is 0 Å². The highest BCUT2D eigenvalue weighted by Gasteiger charge is 2.43. The first-order chi connectivity index (χ1) is 11.8. The second-order valence-electron chi connectivity index (χ2n) is 5.69. The van der Waals surface area contributed by atoms with E-state index in [4.69, 9.17) is 0 Å². The monoisotopic (exact) mass is 405 g/mol. The Morgan fingerprint density at radius 1 is 1.20 bits per heavy atom. The minimum atomic E-state index is -1.24. The fraction of sp³-hybridized carbons (Fsp3) is 0.118.